The van der Waals surface area contributed by atoms with Crippen LogP contribution in [0.3, 0.4) is 0 Å². The number of hydrogen-bond acceptors (Lipinski definition) is 6. The number of hydrogen-bond donors (Lipinski definition) is 1. The van der Waals surface area contributed by atoms with Gasteiger partial charge in [-0.15, -0.1) is 10.2 Å². The molecule has 2 aromatic rings. The molecule has 1 N–H and O–H groups in total. The SMILES string of the molecule is CC(C)c1nnc(NS(=O)(=O)c2cccc3c2OCCC3)s1. The van der Waals surface area contributed by atoms with E-state index < -0.39 is 10.0 Å². The maximum Gasteiger partial charge on any atom is 0.267 e. The van der Waals surface area contributed by atoms with Gasteiger partial charge in [0.1, 0.15) is 15.7 Å². The zero-order chi connectivity index (χ0) is 15.7. The molecule has 0 fully saturated rings. The third-order valence-electron chi connectivity index (χ3n) is 3.34. The van der Waals surface area contributed by atoms with Crippen LogP contribution in [-0.4, -0.2) is 25.2 Å². The van der Waals surface area contributed by atoms with Gasteiger partial charge in [0.2, 0.25) is 5.13 Å². The number of aromatic nitrogens is 2. The highest BCUT2D eigenvalue weighted by molar-refractivity contribution is 7.93. The van der Waals surface area contributed by atoms with Crippen molar-refractivity contribution in [2.24, 2.45) is 0 Å². The van der Waals surface area contributed by atoms with Gasteiger partial charge in [-0.3, -0.25) is 4.72 Å². The molecule has 0 aliphatic carbocycles. The molecule has 3 rings (SSSR count). The lowest BCUT2D eigenvalue weighted by molar-refractivity contribution is 0.280. The highest BCUT2D eigenvalue weighted by Crippen LogP contribution is 2.33. The molecule has 8 heteroatoms. The fraction of sp³-hybridized carbons (Fsp3) is 0.429. The van der Waals surface area contributed by atoms with Crippen molar-refractivity contribution >= 4 is 26.5 Å². The van der Waals surface area contributed by atoms with Gasteiger partial charge < -0.3 is 4.74 Å². The van der Waals surface area contributed by atoms with Crippen LogP contribution in [0.15, 0.2) is 23.1 Å². The fourth-order valence-corrected chi connectivity index (χ4v) is 4.41. The molecule has 2 heterocycles. The van der Waals surface area contributed by atoms with E-state index >= 15 is 0 Å². The second-order valence-corrected chi connectivity index (χ2v) is 8.06. The highest BCUT2D eigenvalue weighted by atomic mass is 32.2. The number of nitrogens with zero attached hydrogens (tertiary/aromatic N) is 2. The molecule has 0 bridgehead atoms. The summed E-state index contributed by atoms with van der Waals surface area (Å²) in [5.41, 5.74) is 0.925. The zero-order valence-electron chi connectivity index (χ0n) is 12.4. The van der Waals surface area contributed by atoms with E-state index in [1.807, 2.05) is 19.9 Å². The molecular formula is C14H17N3O3S2. The first-order valence-electron chi connectivity index (χ1n) is 7.08. The van der Waals surface area contributed by atoms with E-state index in [1.165, 1.54) is 11.3 Å². The Morgan fingerprint density at radius 3 is 2.86 bits per heavy atom. The molecule has 1 aromatic heterocycles. The molecule has 1 aromatic carbocycles. The van der Waals surface area contributed by atoms with Crippen LogP contribution in [0.2, 0.25) is 0 Å². The van der Waals surface area contributed by atoms with Gasteiger partial charge in [-0.05, 0) is 24.5 Å². The third kappa shape index (κ3) is 2.93. The number of rotatable bonds is 4. The lowest BCUT2D eigenvalue weighted by Gasteiger charge is -2.20. The van der Waals surface area contributed by atoms with Crippen LogP contribution in [0.1, 0.15) is 36.8 Å². The Hall–Kier alpha value is -1.67. The summed E-state index contributed by atoms with van der Waals surface area (Å²) in [6, 6.07) is 5.19. The number of nitrogens with one attached hydrogen (secondary N) is 1. The van der Waals surface area contributed by atoms with E-state index in [2.05, 4.69) is 14.9 Å². The Bertz CT molecular complexity index is 784. The van der Waals surface area contributed by atoms with Gasteiger partial charge >= 0.3 is 0 Å². The quantitative estimate of drug-likeness (QED) is 0.926. The second kappa shape index (κ2) is 5.85. The summed E-state index contributed by atoms with van der Waals surface area (Å²) in [5, 5.41) is 8.96. The average Bonchev–Trinajstić information content (AvgIpc) is 2.94. The number of sulfonamides is 1. The van der Waals surface area contributed by atoms with Crippen LogP contribution in [0.25, 0.3) is 0 Å². The van der Waals surface area contributed by atoms with Crippen molar-refractivity contribution in [1.29, 1.82) is 0 Å². The van der Waals surface area contributed by atoms with Crippen LogP contribution in [0.4, 0.5) is 5.13 Å². The van der Waals surface area contributed by atoms with Crippen molar-refractivity contribution in [2.45, 2.75) is 37.5 Å². The highest BCUT2D eigenvalue weighted by Gasteiger charge is 2.25. The van der Waals surface area contributed by atoms with E-state index in [9.17, 15) is 8.42 Å². The van der Waals surface area contributed by atoms with Gasteiger partial charge in [-0.25, -0.2) is 8.42 Å². The molecule has 0 saturated heterocycles. The van der Waals surface area contributed by atoms with E-state index in [0.717, 1.165) is 23.4 Å². The molecule has 0 spiro atoms. The van der Waals surface area contributed by atoms with Crippen LogP contribution in [0, 0.1) is 0 Å². The minimum atomic E-state index is -3.73. The molecule has 0 atom stereocenters. The summed E-state index contributed by atoms with van der Waals surface area (Å²) in [7, 11) is -3.73. The van der Waals surface area contributed by atoms with E-state index in [1.54, 1.807) is 12.1 Å². The number of ether oxygens (including phenoxy) is 1. The van der Waals surface area contributed by atoms with Crippen LogP contribution in [0.5, 0.6) is 5.75 Å². The summed E-state index contributed by atoms with van der Waals surface area (Å²) in [4.78, 5) is 0.158. The normalized spacial score (nSPS) is 14.5. The summed E-state index contributed by atoms with van der Waals surface area (Å²) in [6.07, 6.45) is 1.73. The van der Waals surface area contributed by atoms with Gasteiger partial charge in [-0.1, -0.05) is 37.3 Å². The van der Waals surface area contributed by atoms with Gasteiger partial charge in [0.25, 0.3) is 10.0 Å². The molecule has 0 amide bonds. The predicted molar refractivity (Wildman–Crippen MR) is 85.1 cm³/mol. The number of anilines is 1. The molecule has 0 radical (unpaired) electrons. The summed E-state index contributed by atoms with van der Waals surface area (Å²) in [6.45, 7) is 4.51. The lowest BCUT2D eigenvalue weighted by Crippen LogP contribution is -2.17. The van der Waals surface area contributed by atoms with Crippen molar-refractivity contribution in [2.75, 3.05) is 11.3 Å². The molecule has 1 aliphatic heterocycles. The Morgan fingerprint density at radius 2 is 2.14 bits per heavy atom. The first-order chi connectivity index (χ1) is 10.5. The lowest BCUT2D eigenvalue weighted by atomic mass is 10.1. The third-order valence-corrected chi connectivity index (χ3v) is 5.97. The molecule has 6 nitrogen and oxygen atoms in total. The van der Waals surface area contributed by atoms with E-state index in [4.69, 9.17) is 4.74 Å². The monoisotopic (exact) mass is 339 g/mol. The van der Waals surface area contributed by atoms with Gasteiger partial charge in [-0.2, -0.15) is 0 Å². The van der Waals surface area contributed by atoms with Crippen LogP contribution < -0.4 is 9.46 Å². The number of para-hydroxylation sites is 1. The molecule has 1 aliphatic rings. The minimum Gasteiger partial charge on any atom is -0.492 e. The number of benzene rings is 1. The van der Waals surface area contributed by atoms with Crippen molar-refractivity contribution < 1.29 is 13.2 Å². The van der Waals surface area contributed by atoms with Crippen molar-refractivity contribution in [1.82, 2.24) is 10.2 Å². The van der Waals surface area contributed by atoms with Crippen molar-refractivity contribution in [3.05, 3.63) is 28.8 Å². The van der Waals surface area contributed by atoms with Crippen LogP contribution >= 0.6 is 11.3 Å². The summed E-state index contributed by atoms with van der Waals surface area (Å²) < 4.78 is 33.3. The Kier molecular flexibility index (Phi) is 4.05. The standard InChI is InChI=1S/C14H17N3O3S2/c1-9(2)13-15-16-14(21-13)17-22(18,19)11-7-3-5-10-6-4-8-20-12(10)11/h3,5,7,9H,4,6,8H2,1-2H3,(H,16,17). The summed E-state index contributed by atoms with van der Waals surface area (Å²) >= 11 is 1.25. The van der Waals surface area contributed by atoms with E-state index in [-0.39, 0.29) is 15.9 Å². The summed E-state index contributed by atoms with van der Waals surface area (Å²) in [5.74, 6) is 0.665. The molecule has 0 unspecified atom stereocenters. The smallest absolute Gasteiger partial charge is 0.267 e. The van der Waals surface area contributed by atoms with Gasteiger partial charge in [0.05, 0.1) is 6.61 Å². The van der Waals surface area contributed by atoms with E-state index in [0.29, 0.717) is 12.4 Å². The van der Waals surface area contributed by atoms with Crippen LogP contribution in [-0.2, 0) is 16.4 Å². The first kappa shape index (κ1) is 15.2. The maximum atomic E-state index is 12.6. The maximum absolute atomic E-state index is 12.6. The minimum absolute atomic E-state index is 0.158. The van der Waals surface area contributed by atoms with Crippen molar-refractivity contribution in [3.63, 3.8) is 0 Å². The molecular weight excluding hydrogens is 322 g/mol. The topological polar surface area (TPSA) is 81.2 Å². The second-order valence-electron chi connectivity index (χ2n) is 5.40. The predicted octanol–water partition coefficient (Wildman–Crippen LogP) is 2.79. The van der Waals surface area contributed by atoms with Gasteiger partial charge in [0.15, 0.2) is 0 Å². The fourth-order valence-electron chi connectivity index (χ4n) is 2.25. The molecule has 22 heavy (non-hydrogen) atoms. The Morgan fingerprint density at radius 1 is 1.32 bits per heavy atom. The Balaban J connectivity index is 1.93. The molecule has 118 valence electrons. The Labute approximate surface area is 133 Å². The molecule has 0 saturated carbocycles. The first-order valence-corrected chi connectivity index (χ1v) is 9.38. The largest absolute Gasteiger partial charge is 0.492 e. The van der Waals surface area contributed by atoms with Crippen molar-refractivity contribution in [3.8, 4) is 5.75 Å². The number of aryl methyl sites for hydroxylation is 1. The average molecular weight is 339 g/mol. The number of fused-ring (bicyclic) bond motifs is 1. The zero-order valence-corrected chi connectivity index (χ0v) is 14.0. The van der Waals surface area contributed by atoms with Gasteiger partial charge in [0, 0.05) is 5.92 Å².